The Morgan fingerprint density at radius 2 is 1.69 bits per heavy atom. The van der Waals surface area contributed by atoms with E-state index in [-0.39, 0.29) is 0 Å². The highest BCUT2D eigenvalue weighted by Gasteiger charge is 2.11. The zero-order valence-corrected chi connectivity index (χ0v) is 8.49. The molecule has 0 aromatic heterocycles. The zero-order chi connectivity index (χ0) is 10.3. The van der Waals surface area contributed by atoms with Crippen LogP contribution in [0.1, 0.15) is 46.0 Å². The average Bonchev–Trinajstić information content (AvgIpc) is 2.02. The first-order valence-electron chi connectivity index (χ1n) is 4.95. The fourth-order valence-corrected chi connectivity index (χ4v) is 1.19. The number of rotatable bonds is 7. The van der Waals surface area contributed by atoms with Crippen LogP contribution in [0, 0.1) is 5.92 Å². The first-order chi connectivity index (χ1) is 6.04. The predicted molar refractivity (Wildman–Crippen MR) is 51.6 cm³/mol. The van der Waals surface area contributed by atoms with Crippen molar-refractivity contribution in [3.05, 3.63) is 0 Å². The van der Waals surface area contributed by atoms with Gasteiger partial charge in [-0.05, 0) is 12.3 Å². The molecule has 0 radical (unpaired) electrons. The summed E-state index contributed by atoms with van der Waals surface area (Å²) < 4.78 is 0. The number of carboxylic acids is 1. The van der Waals surface area contributed by atoms with Crippen molar-refractivity contribution in [1.82, 2.24) is 0 Å². The van der Waals surface area contributed by atoms with Crippen LogP contribution < -0.4 is 0 Å². The second kappa shape index (κ2) is 6.89. The minimum absolute atomic E-state index is 0.382. The molecule has 1 unspecified atom stereocenters. The molecule has 0 aliphatic rings. The third-order valence-corrected chi connectivity index (χ3v) is 2.04. The lowest BCUT2D eigenvalue weighted by Gasteiger charge is -2.06. The molecule has 0 saturated heterocycles. The third-order valence-electron chi connectivity index (χ3n) is 2.04. The molecule has 0 fully saturated rings. The van der Waals surface area contributed by atoms with Gasteiger partial charge in [0.05, 0.1) is 0 Å². The maximum Gasteiger partial charge on any atom is 0.332 e. The Labute approximate surface area is 79.8 Å². The van der Waals surface area contributed by atoms with Crippen molar-refractivity contribution in [3.63, 3.8) is 0 Å². The molecule has 3 nitrogen and oxygen atoms in total. The number of unbranched alkanes of at least 4 members (excludes halogenated alkanes) is 2. The minimum atomic E-state index is -1.17. The van der Waals surface area contributed by atoms with Gasteiger partial charge in [0.1, 0.15) is 0 Å². The molecule has 0 aromatic carbocycles. The molecule has 2 N–H and O–H groups in total. The third kappa shape index (κ3) is 7.78. The summed E-state index contributed by atoms with van der Waals surface area (Å²) in [7, 11) is 0. The van der Waals surface area contributed by atoms with E-state index >= 15 is 0 Å². The molecule has 1 atom stereocenters. The molecule has 0 bridgehead atoms. The predicted octanol–water partition coefficient (Wildman–Crippen LogP) is 2.04. The normalized spacial score (nSPS) is 13.2. The van der Waals surface area contributed by atoms with Crippen LogP contribution >= 0.6 is 0 Å². The van der Waals surface area contributed by atoms with Crippen molar-refractivity contribution in [2.24, 2.45) is 5.92 Å². The SMILES string of the molecule is CC(C)CCCCCC(O)C(=O)O. The number of aliphatic hydroxyl groups is 1. The monoisotopic (exact) mass is 188 g/mol. The van der Waals surface area contributed by atoms with Gasteiger partial charge in [-0.1, -0.05) is 39.5 Å². The maximum atomic E-state index is 10.2. The van der Waals surface area contributed by atoms with E-state index in [4.69, 9.17) is 10.2 Å². The van der Waals surface area contributed by atoms with Crippen LogP contribution in [0.2, 0.25) is 0 Å². The van der Waals surface area contributed by atoms with E-state index in [0.29, 0.717) is 12.3 Å². The van der Waals surface area contributed by atoms with E-state index < -0.39 is 12.1 Å². The Balaban J connectivity index is 3.21. The number of hydrogen-bond acceptors (Lipinski definition) is 2. The Bertz CT molecular complexity index is 143. The fourth-order valence-electron chi connectivity index (χ4n) is 1.19. The molecular formula is C10H20O3. The second-order valence-corrected chi connectivity index (χ2v) is 3.89. The van der Waals surface area contributed by atoms with Crippen molar-refractivity contribution >= 4 is 5.97 Å². The molecule has 0 heterocycles. The first kappa shape index (κ1) is 12.4. The Morgan fingerprint density at radius 1 is 1.15 bits per heavy atom. The van der Waals surface area contributed by atoms with Crippen LogP contribution in [-0.4, -0.2) is 22.3 Å². The quantitative estimate of drug-likeness (QED) is 0.601. The van der Waals surface area contributed by atoms with Crippen molar-refractivity contribution in [1.29, 1.82) is 0 Å². The second-order valence-electron chi connectivity index (χ2n) is 3.89. The molecule has 0 rings (SSSR count). The van der Waals surface area contributed by atoms with Crippen LogP contribution in [0.3, 0.4) is 0 Å². The number of hydrogen-bond donors (Lipinski definition) is 2. The zero-order valence-electron chi connectivity index (χ0n) is 8.49. The van der Waals surface area contributed by atoms with E-state index in [1.807, 2.05) is 0 Å². The van der Waals surface area contributed by atoms with Crippen molar-refractivity contribution < 1.29 is 15.0 Å². The van der Waals surface area contributed by atoms with Crippen LogP contribution in [0.5, 0.6) is 0 Å². The van der Waals surface area contributed by atoms with Gasteiger partial charge < -0.3 is 10.2 Å². The van der Waals surface area contributed by atoms with Crippen LogP contribution in [0.15, 0.2) is 0 Å². The molecule has 0 aliphatic carbocycles. The highest BCUT2D eigenvalue weighted by Crippen LogP contribution is 2.10. The van der Waals surface area contributed by atoms with Gasteiger partial charge >= 0.3 is 5.97 Å². The molecule has 3 heteroatoms. The molecule has 78 valence electrons. The van der Waals surface area contributed by atoms with Gasteiger partial charge in [-0.3, -0.25) is 0 Å². The number of aliphatic hydroxyl groups excluding tert-OH is 1. The van der Waals surface area contributed by atoms with Crippen molar-refractivity contribution in [3.8, 4) is 0 Å². The fraction of sp³-hybridized carbons (Fsp3) is 0.900. The largest absolute Gasteiger partial charge is 0.479 e. The maximum absolute atomic E-state index is 10.2. The van der Waals surface area contributed by atoms with Crippen molar-refractivity contribution in [2.75, 3.05) is 0 Å². The lowest BCUT2D eigenvalue weighted by atomic mass is 10.0. The molecule has 0 aliphatic heterocycles. The summed E-state index contributed by atoms with van der Waals surface area (Å²) in [6, 6.07) is 0. The summed E-state index contributed by atoms with van der Waals surface area (Å²) in [5.41, 5.74) is 0. The number of aliphatic carboxylic acids is 1. The van der Waals surface area contributed by atoms with Gasteiger partial charge in [0.15, 0.2) is 6.10 Å². The minimum Gasteiger partial charge on any atom is -0.479 e. The Kier molecular flexibility index (Phi) is 6.59. The van der Waals surface area contributed by atoms with Gasteiger partial charge in [0, 0.05) is 0 Å². The van der Waals surface area contributed by atoms with Gasteiger partial charge in [0.2, 0.25) is 0 Å². The van der Waals surface area contributed by atoms with E-state index in [9.17, 15) is 4.79 Å². The van der Waals surface area contributed by atoms with Crippen molar-refractivity contribution in [2.45, 2.75) is 52.1 Å². The summed E-state index contributed by atoms with van der Waals surface area (Å²) in [4.78, 5) is 10.2. The lowest BCUT2D eigenvalue weighted by Crippen LogP contribution is -2.18. The van der Waals surface area contributed by atoms with Crippen LogP contribution in [0.25, 0.3) is 0 Å². The van der Waals surface area contributed by atoms with Gasteiger partial charge in [-0.15, -0.1) is 0 Å². The summed E-state index contributed by atoms with van der Waals surface area (Å²) >= 11 is 0. The van der Waals surface area contributed by atoms with Crippen LogP contribution in [0.4, 0.5) is 0 Å². The van der Waals surface area contributed by atoms with E-state index in [1.54, 1.807) is 0 Å². The lowest BCUT2D eigenvalue weighted by molar-refractivity contribution is -0.146. The molecule has 0 spiro atoms. The van der Waals surface area contributed by atoms with E-state index in [2.05, 4.69) is 13.8 Å². The topological polar surface area (TPSA) is 57.5 Å². The van der Waals surface area contributed by atoms with Gasteiger partial charge in [-0.2, -0.15) is 0 Å². The van der Waals surface area contributed by atoms with Crippen LogP contribution in [-0.2, 0) is 4.79 Å². The number of carbonyl (C=O) groups is 1. The number of carboxylic acid groups (broad SMARTS) is 1. The molecular weight excluding hydrogens is 168 g/mol. The summed E-state index contributed by atoms with van der Waals surface area (Å²) in [6.45, 7) is 4.35. The summed E-state index contributed by atoms with van der Waals surface area (Å²) in [6.07, 6.45) is 3.35. The highest BCUT2D eigenvalue weighted by atomic mass is 16.4. The first-order valence-corrected chi connectivity index (χ1v) is 4.95. The Morgan fingerprint density at radius 3 is 2.15 bits per heavy atom. The average molecular weight is 188 g/mol. The molecule has 0 saturated carbocycles. The summed E-state index contributed by atoms with van der Waals surface area (Å²) in [5.74, 6) is -0.395. The van der Waals surface area contributed by atoms with Gasteiger partial charge in [-0.25, -0.2) is 4.79 Å². The molecule has 0 aromatic rings. The van der Waals surface area contributed by atoms with E-state index in [1.165, 1.54) is 6.42 Å². The van der Waals surface area contributed by atoms with Gasteiger partial charge in [0.25, 0.3) is 0 Å². The van der Waals surface area contributed by atoms with E-state index in [0.717, 1.165) is 19.3 Å². The standard InChI is InChI=1S/C10H20O3/c1-8(2)6-4-3-5-7-9(11)10(12)13/h8-9,11H,3-7H2,1-2H3,(H,12,13). The highest BCUT2D eigenvalue weighted by molar-refractivity contribution is 5.71. The smallest absolute Gasteiger partial charge is 0.332 e. The molecule has 13 heavy (non-hydrogen) atoms. The Hall–Kier alpha value is -0.570. The molecule has 0 amide bonds. The summed E-state index contributed by atoms with van der Waals surface area (Å²) in [5, 5.41) is 17.3.